The lowest BCUT2D eigenvalue weighted by Crippen LogP contribution is -2.13. The summed E-state index contributed by atoms with van der Waals surface area (Å²) in [7, 11) is -3.75. The van der Waals surface area contributed by atoms with Gasteiger partial charge in [0.05, 0.1) is 18.1 Å². The number of carboxylic acid groups (broad SMARTS) is 1. The highest BCUT2D eigenvalue weighted by atomic mass is 32.2. The number of aliphatic carboxylic acids is 1. The van der Waals surface area contributed by atoms with E-state index in [9.17, 15) is 13.2 Å². The lowest BCUT2D eigenvalue weighted by molar-refractivity contribution is -0.137. The highest BCUT2D eigenvalue weighted by molar-refractivity contribution is 7.92. The Bertz CT molecular complexity index is 645. The second kappa shape index (κ2) is 4.49. The number of aromatic amines is 1. The molecule has 0 aliphatic carbocycles. The van der Waals surface area contributed by atoms with E-state index >= 15 is 0 Å². The Morgan fingerprint density at radius 1 is 1.56 bits per heavy atom. The normalized spacial score (nSPS) is 11.3. The molecule has 0 spiro atoms. The number of nitrogens with zero attached hydrogens (tertiary/aromatic N) is 3. The SMILES string of the molecule is O=C(O)Cn1cc(NS(=O)(=O)c2ccn[nH]2)cn1. The molecule has 2 rings (SSSR count). The Balaban J connectivity index is 2.15. The fourth-order valence-electron chi connectivity index (χ4n) is 1.24. The van der Waals surface area contributed by atoms with E-state index in [0.29, 0.717) is 0 Å². The molecule has 2 heterocycles. The molecule has 0 fully saturated rings. The molecule has 0 radical (unpaired) electrons. The van der Waals surface area contributed by atoms with Crippen molar-refractivity contribution < 1.29 is 18.3 Å². The molecule has 9 nitrogen and oxygen atoms in total. The van der Waals surface area contributed by atoms with Crippen molar-refractivity contribution in [2.24, 2.45) is 0 Å². The minimum absolute atomic E-state index is 0.0894. The Hall–Kier alpha value is -2.36. The zero-order valence-electron chi connectivity index (χ0n) is 8.94. The van der Waals surface area contributed by atoms with E-state index in [2.05, 4.69) is 20.0 Å². The summed E-state index contributed by atoms with van der Waals surface area (Å²) in [5.74, 6) is -1.07. The first-order chi connectivity index (χ1) is 8.47. The van der Waals surface area contributed by atoms with Crippen LogP contribution in [0.2, 0.25) is 0 Å². The third-order valence-corrected chi connectivity index (χ3v) is 3.26. The monoisotopic (exact) mass is 271 g/mol. The molecule has 0 aliphatic heterocycles. The number of rotatable bonds is 5. The van der Waals surface area contributed by atoms with Gasteiger partial charge >= 0.3 is 5.97 Å². The third kappa shape index (κ3) is 2.66. The van der Waals surface area contributed by atoms with Crippen LogP contribution in [0.4, 0.5) is 5.69 Å². The van der Waals surface area contributed by atoms with Crippen LogP contribution >= 0.6 is 0 Å². The van der Waals surface area contributed by atoms with Crippen LogP contribution in [0.25, 0.3) is 0 Å². The van der Waals surface area contributed by atoms with Gasteiger partial charge in [-0.05, 0) is 6.07 Å². The molecule has 0 saturated heterocycles. The quantitative estimate of drug-likeness (QED) is 0.671. The van der Waals surface area contributed by atoms with Crippen molar-refractivity contribution in [1.82, 2.24) is 20.0 Å². The Kier molecular flexibility index (Phi) is 3.02. The van der Waals surface area contributed by atoms with Gasteiger partial charge in [-0.15, -0.1) is 0 Å². The maximum atomic E-state index is 11.8. The lowest BCUT2D eigenvalue weighted by atomic mass is 10.6. The lowest BCUT2D eigenvalue weighted by Gasteiger charge is -2.02. The number of carboxylic acids is 1. The number of H-pyrrole nitrogens is 1. The first kappa shape index (κ1) is 12.1. The Morgan fingerprint density at radius 3 is 2.94 bits per heavy atom. The molecule has 0 unspecified atom stereocenters. The number of hydrogen-bond acceptors (Lipinski definition) is 5. The summed E-state index contributed by atoms with van der Waals surface area (Å²) in [4.78, 5) is 10.4. The van der Waals surface area contributed by atoms with E-state index in [0.717, 1.165) is 4.68 Å². The largest absolute Gasteiger partial charge is 0.480 e. The van der Waals surface area contributed by atoms with Crippen LogP contribution in [-0.2, 0) is 21.4 Å². The number of aromatic nitrogens is 4. The number of sulfonamides is 1. The first-order valence-corrected chi connectivity index (χ1v) is 6.22. The van der Waals surface area contributed by atoms with Crippen molar-refractivity contribution in [2.75, 3.05) is 4.72 Å². The van der Waals surface area contributed by atoms with Gasteiger partial charge in [0.25, 0.3) is 10.0 Å². The van der Waals surface area contributed by atoms with Gasteiger partial charge in [-0.25, -0.2) is 0 Å². The van der Waals surface area contributed by atoms with Gasteiger partial charge in [-0.3, -0.25) is 19.3 Å². The maximum Gasteiger partial charge on any atom is 0.325 e. The average molecular weight is 271 g/mol. The van der Waals surface area contributed by atoms with Gasteiger partial charge < -0.3 is 5.11 Å². The fraction of sp³-hybridized carbons (Fsp3) is 0.125. The molecule has 0 aliphatic rings. The van der Waals surface area contributed by atoms with Crippen molar-refractivity contribution in [3.8, 4) is 0 Å². The summed E-state index contributed by atoms with van der Waals surface area (Å²) in [6.45, 7) is -0.341. The van der Waals surface area contributed by atoms with Crippen molar-refractivity contribution in [3.05, 3.63) is 24.7 Å². The molecule has 0 amide bonds. The molecule has 0 saturated carbocycles. The topological polar surface area (TPSA) is 130 Å². The van der Waals surface area contributed by atoms with Crippen LogP contribution in [0.1, 0.15) is 0 Å². The van der Waals surface area contributed by atoms with Crippen molar-refractivity contribution in [2.45, 2.75) is 11.6 Å². The molecule has 0 atom stereocenters. The van der Waals surface area contributed by atoms with E-state index in [1.807, 2.05) is 0 Å². The van der Waals surface area contributed by atoms with E-state index < -0.39 is 16.0 Å². The van der Waals surface area contributed by atoms with Gasteiger partial charge in [0.1, 0.15) is 6.54 Å². The molecular formula is C8H9N5O4S. The van der Waals surface area contributed by atoms with Crippen LogP contribution in [0.15, 0.2) is 29.7 Å². The number of carbonyl (C=O) groups is 1. The molecular weight excluding hydrogens is 262 g/mol. The zero-order valence-corrected chi connectivity index (χ0v) is 9.75. The standard InChI is InChI=1S/C8H9N5O4S/c14-8(15)5-13-4-6(3-10-13)12-18(16,17)7-1-2-9-11-7/h1-4,12H,5H2,(H,9,11)(H,14,15). The second-order valence-electron chi connectivity index (χ2n) is 3.35. The molecule has 2 aromatic rings. The van der Waals surface area contributed by atoms with E-state index in [1.165, 1.54) is 24.7 Å². The van der Waals surface area contributed by atoms with Gasteiger partial charge in [0, 0.05) is 6.20 Å². The van der Waals surface area contributed by atoms with E-state index in [4.69, 9.17) is 5.11 Å². The van der Waals surface area contributed by atoms with Crippen LogP contribution in [-0.4, -0.2) is 39.5 Å². The number of anilines is 1. The second-order valence-corrected chi connectivity index (χ2v) is 5.00. The molecule has 10 heteroatoms. The Morgan fingerprint density at radius 2 is 2.33 bits per heavy atom. The summed E-state index contributed by atoms with van der Waals surface area (Å²) >= 11 is 0. The van der Waals surface area contributed by atoms with Crippen LogP contribution < -0.4 is 4.72 Å². The van der Waals surface area contributed by atoms with Gasteiger partial charge in [-0.1, -0.05) is 0 Å². The Labute approximate surface area is 101 Å². The molecule has 96 valence electrons. The highest BCUT2D eigenvalue weighted by Gasteiger charge is 2.16. The van der Waals surface area contributed by atoms with Gasteiger partial charge in [0.15, 0.2) is 5.03 Å². The van der Waals surface area contributed by atoms with Crippen molar-refractivity contribution >= 4 is 21.7 Å². The zero-order chi connectivity index (χ0) is 13.2. The van der Waals surface area contributed by atoms with Crippen LogP contribution in [0.3, 0.4) is 0 Å². The number of nitrogens with one attached hydrogen (secondary N) is 2. The smallest absolute Gasteiger partial charge is 0.325 e. The molecule has 3 N–H and O–H groups in total. The average Bonchev–Trinajstić information content (AvgIpc) is 2.87. The maximum absolute atomic E-state index is 11.8. The van der Waals surface area contributed by atoms with Gasteiger partial charge in [-0.2, -0.15) is 18.6 Å². The third-order valence-electron chi connectivity index (χ3n) is 1.95. The summed E-state index contributed by atoms with van der Waals surface area (Å²) in [6, 6.07) is 1.30. The number of hydrogen-bond donors (Lipinski definition) is 3. The first-order valence-electron chi connectivity index (χ1n) is 4.74. The van der Waals surface area contributed by atoms with Crippen molar-refractivity contribution in [3.63, 3.8) is 0 Å². The minimum atomic E-state index is -3.75. The minimum Gasteiger partial charge on any atom is -0.480 e. The predicted octanol–water partition coefficient (Wildman–Crippen LogP) is -0.508. The summed E-state index contributed by atoms with van der Waals surface area (Å²) in [5.41, 5.74) is 0.172. The molecule has 18 heavy (non-hydrogen) atoms. The van der Waals surface area contributed by atoms with E-state index in [-0.39, 0.29) is 17.3 Å². The van der Waals surface area contributed by atoms with Crippen LogP contribution in [0.5, 0.6) is 0 Å². The molecule has 0 aromatic carbocycles. The predicted molar refractivity (Wildman–Crippen MR) is 59.3 cm³/mol. The van der Waals surface area contributed by atoms with E-state index in [1.54, 1.807) is 0 Å². The van der Waals surface area contributed by atoms with Gasteiger partial charge in [0.2, 0.25) is 0 Å². The molecule has 0 bridgehead atoms. The summed E-state index contributed by atoms with van der Waals surface area (Å²) < 4.78 is 26.9. The fourth-order valence-corrected chi connectivity index (χ4v) is 2.18. The van der Waals surface area contributed by atoms with Crippen molar-refractivity contribution in [1.29, 1.82) is 0 Å². The summed E-state index contributed by atoms with van der Waals surface area (Å²) in [6.07, 6.45) is 3.81. The summed E-state index contributed by atoms with van der Waals surface area (Å²) in [5, 5.41) is 18.0. The van der Waals surface area contributed by atoms with Crippen LogP contribution in [0, 0.1) is 0 Å². The highest BCUT2D eigenvalue weighted by Crippen LogP contribution is 2.12. The molecule has 2 aromatic heterocycles.